The molecule has 7 rings (SSSR count). The lowest BCUT2D eigenvalue weighted by Crippen LogP contribution is -2.61. The van der Waals surface area contributed by atoms with Gasteiger partial charge in [0.2, 0.25) is 59.1 Å². The summed E-state index contributed by atoms with van der Waals surface area (Å²) in [6.07, 6.45) is 11.0. The number of halogens is 1. The number of aliphatic hydroxyl groups is 1. The minimum Gasteiger partial charge on any atom is -0.480 e. The number of hydrogen-bond donors (Lipinski definition) is 15. The predicted molar refractivity (Wildman–Crippen MR) is 431 cm³/mol. The number of carboxylic acids is 1. The normalized spacial score (nSPS) is 14.7. The highest BCUT2D eigenvalue weighted by atomic mass is 35.5. The number of amides is 12. The third-order valence-corrected chi connectivity index (χ3v) is 19.0. The largest absolute Gasteiger partial charge is 0.480 e. The first-order chi connectivity index (χ1) is 55.0. The van der Waals surface area contributed by atoms with Gasteiger partial charge in [0.15, 0.2) is 0 Å². The van der Waals surface area contributed by atoms with E-state index in [1.165, 1.54) is 49.0 Å². The fourth-order valence-electron chi connectivity index (χ4n) is 12.6. The van der Waals surface area contributed by atoms with Crippen molar-refractivity contribution in [3.63, 3.8) is 0 Å². The molecule has 32 nitrogen and oxygen atoms in total. The number of hydrogen-bond acceptors (Lipinski definition) is 19. The highest BCUT2D eigenvalue weighted by Crippen LogP contribution is 2.22. The molecule has 10 atom stereocenters. The van der Waals surface area contributed by atoms with Crippen LogP contribution in [0.25, 0.3) is 10.8 Å². The molecule has 0 radical (unpaired) electrons. The fraction of sp³-hybridized carbons (Fsp3) is 0.463. The van der Waals surface area contributed by atoms with Crippen LogP contribution in [0.1, 0.15) is 156 Å². The summed E-state index contributed by atoms with van der Waals surface area (Å²) in [7, 11) is 0. The molecule has 115 heavy (non-hydrogen) atoms. The zero-order chi connectivity index (χ0) is 83.9. The maximum absolute atomic E-state index is 15.1. The van der Waals surface area contributed by atoms with Crippen molar-refractivity contribution >= 4 is 99.2 Å². The van der Waals surface area contributed by atoms with Crippen LogP contribution in [0.5, 0.6) is 0 Å². The van der Waals surface area contributed by atoms with Crippen LogP contribution in [0, 0.1) is 5.92 Å². The third-order valence-electron chi connectivity index (χ3n) is 18.8. The SMILES string of the molecule is CC(=O)N[C@H](Cc1ccc2ccccc2c1)C(=O)N[C@H](Cc1ccc(Cl)cc1)C(=O)N[C@H](Cc1cccnc1)C(=O)N[C@@H](CO)C(=O)N[C@@H](CCCCNC(=O)c1cccnc1)C(=O)N[C@H](CCCCNC(=O)c1cccnc1)C(=O)N[C@@H](CC(C)C)C(=O)N[C@@H](CCCCNC(C)C)C(=O)N1CCC[C@H]1C(=O)O.C[C@@H](N)C(N)=O. The molecule has 1 aliphatic heterocycles. The highest BCUT2D eigenvalue weighted by molar-refractivity contribution is 6.30. The van der Waals surface area contributed by atoms with Crippen molar-refractivity contribution in [2.75, 3.05) is 32.8 Å². The van der Waals surface area contributed by atoms with Gasteiger partial charge in [-0.2, -0.15) is 0 Å². The number of nitrogens with zero attached hydrogens (tertiary/aromatic N) is 4. The molecule has 1 aliphatic rings. The molecular weight excluding hydrogens is 1500 g/mol. The molecule has 17 N–H and O–H groups in total. The number of nitrogens with two attached hydrogens (primary N) is 2. The first kappa shape index (κ1) is 92.5. The maximum atomic E-state index is 15.1. The molecule has 6 aromatic rings. The Hall–Kier alpha value is -11.3. The molecule has 0 saturated carbocycles. The first-order valence-corrected chi connectivity index (χ1v) is 39.2. The van der Waals surface area contributed by atoms with Crippen molar-refractivity contribution in [3.8, 4) is 0 Å². The zero-order valence-electron chi connectivity index (χ0n) is 65.9. The van der Waals surface area contributed by atoms with Gasteiger partial charge in [0.1, 0.15) is 54.4 Å². The van der Waals surface area contributed by atoms with Crippen molar-refractivity contribution in [2.45, 2.75) is 204 Å². The highest BCUT2D eigenvalue weighted by Gasteiger charge is 2.40. The molecule has 1 saturated heterocycles. The second-order valence-electron chi connectivity index (χ2n) is 29.1. The van der Waals surface area contributed by atoms with Crippen molar-refractivity contribution in [3.05, 3.63) is 173 Å². The van der Waals surface area contributed by atoms with E-state index in [9.17, 15) is 63.0 Å². The number of carboxylic acid groups (broad SMARTS) is 1. The number of primary amides is 1. The van der Waals surface area contributed by atoms with Gasteiger partial charge in [0, 0.05) is 94.1 Å². The standard InChI is InChI=1S/C79H102ClN15O14.C3H8N2O/c1-49(2)40-63(73(102)90-62(25-10-11-36-84-50(3)4)78(107)95-39-17-26-68(95)79(108)109)91-72(101)61(24-9-13-38-86-70(99)58-22-16-35-83-47-58)88-71(100)60(23-8-12-37-85-69(98)57-21-15-34-82-46-57)89-77(106)67(48-96)94-76(105)66(44-54-18-14-33-81-45-54)93-75(104)65(42-52-28-31-59(80)32-29-52)92-74(103)64(87-51(5)97)43-53-27-30-55-19-6-7-20-56(55)41-53;1-2(4)3(5)6/h6-7,14-16,18-22,27-35,41,45-47,49-50,60-68,84,96H,8-13,17,23-26,36-40,42-44,48H2,1-5H3,(H,85,98)(H,86,99)(H,87,97)(H,88,100)(H,89,106)(H,90,102)(H,91,101)(H,92,103)(H,93,104)(H,94,105)(H,108,109);2H,4H2,1H3,(H2,5,6)/t60-,61+,62-,63-,64+,65+,66+,67-,68-;2-/m01/s1. The summed E-state index contributed by atoms with van der Waals surface area (Å²) in [4.78, 5) is 192. The second-order valence-corrected chi connectivity index (χ2v) is 29.5. The van der Waals surface area contributed by atoms with Crippen molar-refractivity contribution in [1.29, 1.82) is 0 Å². The number of aromatic nitrogens is 3. The van der Waals surface area contributed by atoms with Crippen molar-refractivity contribution in [2.24, 2.45) is 17.4 Å². The molecule has 3 aromatic carbocycles. The number of fused-ring (bicyclic) bond motifs is 1. The molecule has 3 aromatic heterocycles. The van der Waals surface area contributed by atoms with Gasteiger partial charge in [0.25, 0.3) is 11.8 Å². The Morgan fingerprint density at radius 1 is 0.496 bits per heavy atom. The Labute approximate surface area is 674 Å². The number of likely N-dealkylation sites (tertiary alicyclic amines) is 1. The van der Waals surface area contributed by atoms with Crippen LogP contribution < -0.4 is 70.0 Å². The van der Waals surface area contributed by atoms with E-state index in [-0.39, 0.29) is 109 Å². The molecule has 0 spiro atoms. The summed E-state index contributed by atoms with van der Waals surface area (Å²) in [5.74, 6) is -9.96. The van der Waals surface area contributed by atoms with Crippen LogP contribution >= 0.6 is 11.6 Å². The molecule has 0 bridgehead atoms. The van der Waals surface area contributed by atoms with E-state index in [1.807, 2.05) is 70.2 Å². The molecule has 4 heterocycles. The van der Waals surface area contributed by atoms with Gasteiger partial charge in [-0.15, -0.1) is 0 Å². The number of unbranched alkanes of at least 4 members (excludes halogenated alkanes) is 3. The van der Waals surface area contributed by atoms with Crippen molar-refractivity contribution < 1.29 is 72.5 Å². The van der Waals surface area contributed by atoms with E-state index in [4.69, 9.17) is 17.3 Å². The number of carbonyl (C=O) groups is 13. The first-order valence-electron chi connectivity index (χ1n) is 38.8. The monoisotopic (exact) mass is 1610 g/mol. The van der Waals surface area contributed by atoms with Gasteiger partial charge >= 0.3 is 5.97 Å². The average Bonchev–Trinajstić information content (AvgIpc) is 1.78. The molecule has 0 unspecified atom stereocenters. The smallest absolute Gasteiger partial charge is 0.326 e. The fourth-order valence-corrected chi connectivity index (χ4v) is 12.7. The molecule has 12 amide bonds. The lowest BCUT2D eigenvalue weighted by molar-refractivity contribution is -0.149. The van der Waals surface area contributed by atoms with Crippen LogP contribution in [0.15, 0.2) is 140 Å². The van der Waals surface area contributed by atoms with Gasteiger partial charge < -0.3 is 85.1 Å². The summed E-state index contributed by atoms with van der Waals surface area (Å²) in [5.41, 5.74) is 11.9. The van der Waals surface area contributed by atoms with Gasteiger partial charge in [-0.05, 0) is 166 Å². The quantitative estimate of drug-likeness (QED) is 0.0244. The van der Waals surface area contributed by atoms with Crippen LogP contribution in [-0.4, -0.2) is 206 Å². The third kappa shape index (κ3) is 32.6. The Bertz CT molecular complexity index is 4190. The summed E-state index contributed by atoms with van der Waals surface area (Å²) in [5, 5.41) is 54.1. The summed E-state index contributed by atoms with van der Waals surface area (Å²) in [6, 6.07) is 16.5. The molecular formula is C82H110ClN17O15. The minimum absolute atomic E-state index is 0.0321. The Morgan fingerprint density at radius 2 is 0.930 bits per heavy atom. The number of aliphatic hydroxyl groups excluding tert-OH is 1. The minimum atomic E-state index is -1.82. The molecule has 620 valence electrons. The Kier molecular flexibility index (Phi) is 39.1. The Morgan fingerprint density at radius 3 is 1.42 bits per heavy atom. The zero-order valence-corrected chi connectivity index (χ0v) is 66.6. The van der Waals surface area contributed by atoms with Gasteiger partial charge in [-0.3, -0.25) is 72.5 Å². The van der Waals surface area contributed by atoms with E-state index in [2.05, 4.69) is 79.2 Å². The lowest BCUT2D eigenvalue weighted by atomic mass is 9.99. The van der Waals surface area contributed by atoms with E-state index >= 15 is 9.59 Å². The number of benzene rings is 3. The number of pyridine rings is 3. The summed E-state index contributed by atoms with van der Waals surface area (Å²) < 4.78 is 0. The predicted octanol–water partition coefficient (Wildman–Crippen LogP) is 2.91. The maximum Gasteiger partial charge on any atom is 0.326 e. The van der Waals surface area contributed by atoms with Crippen LogP contribution in [-0.2, 0) is 72.0 Å². The molecule has 0 aliphatic carbocycles. The van der Waals surface area contributed by atoms with E-state index in [0.717, 1.165) is 10.8 Å². The average molecular weight is 1610 g/mol. The second kappa shape index (κ2) is 48.7. The summed E-state index contributed by atoms with van der Waals surface area (Å²) >= 11 is 6.26. The topological polar surface area (TPSA) is 489 Å². The Balaban J connectivity index is 0.00000329. The van der Waals surface area contributed by atoms with Gasteiger partial charge in [0.05, 0.1) is 23.8 Å². The molecule has 1 fully saturated rings. The van der Waals surface area contributed by atoms with E-state index in [0.29, 0.717) is 58.6 Å². The van der Waals surface area contributed by atoms with Gasteiger partial charge in [-0.25, -0.2) is 4.79 Å². The van der Waals surface area contributed by atoms with Gasteiger partial charge in [-0.1, -0.05) is 100.0 Å². The summed E-state index contributed by atoms with van der Waals surface area (Å²) in [6.45, 7) is 10.4. The van der Waals surface area contributed by atoms with E-state index in [1.54, 1.807) is 67.6 Å². The lowest BCUT2D eigenvalue weighted by Gasteiger charge is -2.30. The molecule has 33 heteroatoms. The number of carbonyl (C=O) groups excluding carboxylic acids is 12. The van der Waals surface area contributed by atoms with Crippen LogP contribution in [0.2, 0.25) is 5.02 Å². The van der Waals surface area contributed by atoms with Crippen LogP contribution in [0.4, 0.5) is 0 Å². The number of aliphatic carboxylic acids is 1. The van der Waals surface area contributed by atoms with E-state index < -0.39 is 144 Å². The van der Waals surface area contributed by atoms with Crippen LogP contribution in [0.3, 0.4) is 0 Å². The number of nitrogens with one attached hydrogen (secondary N) is 11. The van der Waals surface area contributed by atoms with Crippen molar-refractivity contribution in [1.82, 2.24) is 78.3 Å². The number of rotatable bonds is 45.